The van der Waals surface area contributed by atoms with Gasteiger partial charge in [0.05, 0.1) is 8.66 Å². The zero-order chi connectivity index (χ0) is 13.3. The van der Waals surface area contributed by atoms with Crippen molar-refractivity contribution in [2.24, 2.45) is 0 Å². The monoisotopic (exact) mass is 330 g/mol. The van der Waals surface area contributed by atoms with Crippen LogP contribution >= 0.6 is 27.3 Å². The molecule has 1 aromatic rings. The molecule has 18 heavy (non-hydrogen) atoms. The molecule has 1 aliphatic heterocycles. The van der Waals surface area contributed by atoms with Gasteiger partial charge in [-0.3, -0.25) is 9.69 Å². The van der Waals surface area contributed by atoms with Crippen molar-refractivity contribution >= 4 is 33.2 Å². The molecule has 1 aliphatic rings. The van der Waals surface area contributed by atoms with Gasteiger partial charge < -0.3 is 4.90 Å². The van der Waals surface area contributed by atoms with E-state index in [1.165, 1.54) is 11.3 Å². The molecular formula is C13H19BrN2OS. The molecule has 1 amide bonds. The molecule has 1 aromatic heterocycles. The van der Waals surface area contributed by atoms with E-state index in [0.717, 1.165) is 40.4 Å². The summed E-state index contributed by atoms with van der Waals surface area (Å²) in [5.41, 5.74) is 1.14. The van der Waals surface area contributed by atoms with Crippen LogP contribution in [-0.4, -0.2) is 47.9 Å². The van der Waals surface area contributed by atoms with Crippen molar-refractivity contribution in [1.82, 2.24) is 9.80 Å². The van der Waals surface area contributed by atoms with Crippen molar-refractivity contribution in [3.8, 4) is 0 Å². The second-order valence-corrected chi connectivity index (χ2v) is 7.17. The average Bonchev–Trinajstić information content (AvgIpc) is 2.68. The summed E-state index contributed by atoms with van der Waals surface area (Å²) in [6.07, 6.45) is 0. The number of likely N-dealkylation sites (N-methyl/N-ethyl adjacent to an activating group) is 1. The lowest BCUT2D eigenvalue weighted by Gasteiger charge is -2.39. The number of aryl methyl sites for hydroxylation is 1. The molecular weight excluding hydrogens is 312 g/mol. The van der Waals surface area contributed by atoms with Crippen LogP contribution in [0.1, 0.15) is 29.1 Å². The number of halogens is 1. The SMILES string of the molecule is CCN1CCN(C(=O)c2cc(C)c(Br)s2)CC1C. The third-order valence-corrected chi connectivity index (χ3v) is 5.65. The van der Waals surface area contributed by atoms with Crippen molar-refractivity contribution in [3.63, 3.8) is 0 Å². The molecule has 2 heterocycles. The van der Waals surface area contributed by atoms with Crippen LogP contribution in [0.25, 0.3) is 0 Å². The molecule has 0 aliphatic carbocycles. The van der Waals surface area contributed by atoms with Crippen LogP contribution in [0, 0.1) is 6.92 Å². The van der Waals surface area contributed by atoms with Crippen molar-refractivity contribution < 1.29 is 4.79 Å². The van der Waals surface area contributed by atoms with E-state index in [9.17, 15) is 4.79 Å². The molecule has 0 aromatic carbocycles. The lowest BCUT2D eigenvalue weighted by Crippen LogP contribution is -2.53. The minimum atomic E-state index is 0.177. The van der Waals surface area contributed by atoms with Gasteiger partial charge in [-0.2, -0.15) is 0 Å². The fourth-order valence-corrected chi connectivity index (χ4v) is 3.87. The second-order valence-electron chi connectivity index (χ2n) is 4.80. The molecule has 1 atom stereocenters. The Morgan fingerprint density at radius 1 is 1.56 bits per heavy atom. The van der Waals surface area contributed by atoms with Crippen molar-refractivity contribution in [1.29, 1.82) is 0 Å². The van der Waals surface area contributed by atoms with Crippen LogP contribution in [0.4, 0.5) is 0 Å². The fraction of sp³-hybridized carbons (Fsp3) is 0.615. The molecule has 0 spiro atoms. The number of thiophene rings is 1. The van der Waals surface area contributed by atoms with Gasteiger partial charge in [-0.1, -0.05) is 6.92 Å². The Morgan fingerprint density at radius 2 is 2.28 bits per heavy atom. The largest absolute Gasteiger partial charge is 0.335 e. The minimum Gasteiger partial charge on any atom is -0.335 e. The summed E-state index contributed by atoms with van der Waals surface area (Å²) in [7, 11) is 0. The number of amides is 1. The number of nitrogens with zero attached hydrogens (tertiary/aromatic N) is 2. The van der Waals surface area contributed by atoms with E-state index in [0.29, 0.717) is 6.04 Å². The number of rotatable bonds is 2. The molecule has 2 rings (SSSR count). The maximum Gasteiger partial charge on any atom is 0.264 e. The second kappa shape index (κ2) is 5.72. The van der Waals surface area contributed by atoms with Crippen molar-refractivity contribution in [2.45, 2.75) is 26.8 Å². The van der Waals surface area contributed by atoms with Crippen molar-refractivity contribution in [3.05, 3.63) is 20.3 Å². The molecule has 1 unspecified atom stereocenters. The lowest BCUT2D eigenvalue weighted by atomic mass is 10.2. The number of carbonyl (C=O) groups is 1. The first kappa shape index (κ1) is 14.0. The molecule has 1 saturated heterocycles. The third-order valence-electron chi connectivity index (χ3n) is 3.53. The van der Waals surface area contributed by atoms with Gasteiger partial charge in [0.2, 0.25) is 0 Å². The Hall–Kier alpha value is -0.390. The number of hydrogen-bond donors (Lipinski definition) is 0. The van der Waals surface area contributed by atoms with E-state index in [-0.39, 0.29) is 5.91 Å². The van der Waals surface area contributed by atoms with Gasteiger partial charge in [0.15, 0.2) is 0 Å². The zero-order valence-corrected chi connectivity index (χ0v) is 13.5. The molecule has 3 nitrogen and oxygen atoms in total. The summed E-state index contributed by atoms with van der Waals surface area (Å²) in [5, 5.41) is 0. The predicted molar refractivity (Wildman–Crippen MR) is 79.4 cm³/mol. The Balaban J connectivity index is 2.06. The standard InChI is InChI=1S/C13H19BrN2OS/c1-4-15-5-6-16(8-10(15)3)13(17)11-7-9(2)12(14)18-11/h7,10H,4-6,8H2,1-3H3. The van der Waals surface area contributed by atoms with E-state index >= 15 is 0 Å². The quantitative estimate of drug-likeness (QED) is 0.832. The molecule has 5 heteroatoms. The molecule has 0 saturated carbocycles. The normalized spacial score (nSPS) is 21.3. The van der Waals surface area contributed by atoms with Crippen LogP contribution < -0.4 is 0 Å². The average molecular weight is 331 g/mol. The zero-order valence-electron chi connectivity index (χ0n) is 11.1. The highest BCUT2D eigenvalue weighted by atomic mass is 79.9. The highest BCUT2D eigenvalue weighted by molar-refractivity contribution is 9.11. The number of hydrogen-bond acceptors (Lipinski definition) is 3. The molecule has 0 N–H and O–H groups in total. The number of carbonyl (C=O) groups excluding carboxylic acids is 1. The van der Waals surface area contributed by atoms with Crippen LogP contribution in [-0.2, 0) is 0 Å². The van der Waals surface area contributed by atoms with Crippen LogP contribution in [0.2, 0.25) is 0 Å². The summed E-state index contributed by atoms with van der Waals surface area (Å²) in [4.78, 5) is 17.6. The summed E-state index contributed by atoms with van der Waals surface area (Å²) in [6, 6.07) is 2.44. The lowest BCUT2D eigenvalue weighted by molar-refractivity contribution is 0.0532. The van der Waals surface area contributed by atoms with Gasteiger partial charge in [0.1, 0.15) is 0 Å². The minimum absolute atomic E-state index is 0.177. The Kier molecular flexibility index (Phi) is 4.45. The maximum absolute atomic E-state index is 12.4. The first-order valence-corrected chi connectivity index (χ1v) is 7.93. The Bertz CT molecular complexity index is 427. The molecule has 100 valence electrons. The van der Waals surface area contributed by atoms with E-state index in [1.807, 2.05) is 17.9 Å². The van der Waals surface area contributed by atoms with Gasteiger partial charge in [-0.05, 0) is 48.0 Å². The van der Waals surface area contributed by atoms with E-state index in [4.69, 9.17) is 0 Å². The van der Waals surface area contributed by atoms with Crippen LogP contribution in [0.5, 0.6) is 0 Å². The van der Waals surface area contributed by atoms with Gasteiger partial charge >= 0.3 is 0 Å². The van der Waals surface area contributed by atoms with Gasteiger partial charge in [-0.15, -0.1) is 11.3 Å². The maximum atomic E-state index is 12.4. The van der Waals surface area contributed by atoms with Gasteiger partial charge in [0, 0.05) is 25.7 Å². The van der Waals surface area contributed by atoms with Crippen molar-refractivity contribution in [2.75, 3.05) is 26.2 Å². The van der Waals surface area contributed by atoms with E-state index in [1.54, 1.807) is 0 Å². The van der Waals surface area contributed by atoms with Gasteiger partial charge in [0.25, 0.3) is 5.91 Å². The predicted octanol–water partition coefficient (Wildman–Crippen LogP) is 2.99. The topological polar surface area (TPSA) is 23.6 Å². The molecule has 0 bridgehead atoms. The highest BCUT2D eigenvalue weighted by Gasteiger charge is 2.27. The van der Waals surface area contributed by atoms with Crippen LogP contribution in [0.3, 0.4) is 0 Å². The van der Waals surface area contributed by atoms with Crippen LogP contribution in [0.15, 0.2) is 9.85 Å². The summed E-state index contributed by atoms with van der Waals surface area (Å²) in [6.45, 7) is 10.1. The molecule has 1 fully saturated rings. The fourth-order valence-electron chi connectivity index (χ4n) is 2.37. The Morgan fingerprint density at radius 3 is 2.78 bits per heavy atom. The first-order chi connectivity index (χ1) is 8.52. The summed E-state index contributed by atoms with van der Waals surface area (Å²) < 4.78 is 1.06. The Labute approximate surface area is 121 Å². The number of piperazine rings is 1. The van der Waals surface area contributed by atoms with E-state index < -0.39 is 0 Å². The highest BCUT2D eigenvalue weighted by Crippen LogP contribution is 2.28. The third kappa shape index (κ3) is 2.78. The smallest absolute Gasteiger partial charge is 0.264 e. The summed E-state index contributed by atoms with van der Waals surface area (Å²) >= 11 is 5.02. The van der Waals surface area contributed by atoms with Gasteiger partial charge in [-0.25, -0.2) is 0 Å². The van der Waals surface area contributed by atoms with E-state index in [2.05, 4.69) is 34.7 Å². The first-order valence-electron chi connectivity index (χ1n) is 6.32. The summed E-state index contributed by atoms with van der Waals surface area (Å²) in [5.74, 6) is 0.177. The molecule has 0 radical (unpaired) electrons.